The lowest BCUT2D eigenvalue weighted by atomic mass is 10.2. The zero-order valence-electron chi connectivity index (χ0n) is 10.5. The Kier molecular flexibility index (Phi) is 4.60. The van der Waals surface area contributed by atoms with Gasteiger partial charge in [-0.1, -0.05) is 30.4 Å². The van der Waals surface area contributed by atoms with E-state index in [1.54, 1.807) is 12.1 Å². The number of sulfonamides is 1. The highest BCUT2D eigenvalue weighted by Gasteiger charge is 2.19. The molecule has 0 bridgehead atoms. The Balaban J connectivity index is 2.43. The molecule has 2 aromatic rings. The van der Waals surface area contributed by atoms with Crippen molar-refractivity contribution < 1.29 is 12.8 Å². The minimum absolute atomic E-state index is 0.0174. The van der Waals surface area contributed by atoms with E-state index in [4.69, 9.17) is 18.0 Å². The Morgan fingerprint density at radius 1 is 1.24 bits per heavy atom. The summed E-state index contributed by atoms with van der Waals surface area (Å²) in [4.78, 5) is -0.0470. The molecule has 0 heterocycles. The molecule has 2 aromatic carbocycles. The first-order valence-corrected chi connectivity index (χ1v) is 8.36. The average Bonchev–Trinajstić information content (AvgIpc) is 2.42. The second-order valence-electron chi connectivity index (χ2n) is 4.09. The van der Waals surface area contributed by atoms with E-state index in [9.17, 15) is 12.8 Å². The van der Waals surface area contributed by atoms with Crippen LogP contribution in [0.3, 0.4) is 0 Å². The normalized spacial score (nSPS) is 11.1. The number of benzene rings is 2. The summed E-state index contributed by atoms with van der Waals surface area (Å²) in [6.07, 6.45) is 0. The van der Waals surface area contributed by atoms with Gasteiger partial charge < -0.3 is 5.73 Å². The molecular formula is C13H10BrFN2O2S2. The van der Waals surface area contributed by atoms with Gasteiger partial charge in [0.25, 0.3) is 10.0 Å². The number of halogens is 2. The van der Waals surface area contributed by atoms with Crippen LogP contribution < -0.4 is 10.5 Å². The molecule has 0 aliphatic rings. The fourth-order valence-electron chi connectivity index (χ4n) is 1.67. The highest BCUT2D eigenvalue weighted by atomic mass is 79.9. The molecule has 0 aliphatic carbocycles. The lowest BCUT2D eigenvalue weighted by Gasteiger charge is -2.11. The molecule has 110 valence electrons. The van der Waals surface area contributed by atoms with E-state index in [0.717, 1.165) is 6.07 Å². The summed E-state index contributed by atoms with van der Waals surface area (Å²) in [6.45, 7) is 0. The summed E-state index contributed by atoms with van der Waals surface area (Å²) in [7, 11) is -3.88. The number of rotatable bonds is 4. The summed E-state index contributed by atoms with van der Waals surface area (Å²) in [6, 6.07) is 9.93. The molecule has 0 saturated heterocycles. The van der Waals surface area contributed by atoms with Crippen molar-refractivity contribution in [1.82, 2.24) is 0 Å². The van der Waals surface area contributed by atoms with E-state index in [1.807, 2.05) is 0 Å². The summed E-state index contributed by atoms with van der Waals surface area (Å²) >= 11 is 7.85. The number of hydrogen-bond donors (Lipinski definition) is 2. The minimum Gasteiger partial charge on any atom is -0.389 e. The second-order valence-corrected chi connectivity index (χ2v) is 7.04. The maximum absolute atomic E-state index is 13.2. The van der Waals surface area contributed by atoms with Gasteiger partial charge in [0, 0.05) is 5.56 Å². The summed E-state index contributed by atoms with van der Waals surface area (Å²) in [5, 5.41) is 0. The van der Waals surface area contributed by atoms with Crippen LogP contribution in [0, 0.1) is 5.82 Å². The monoisotopic (exact) mass is 388 g/mol. The highest BCUT2D eigenvalue weighted by Crippen LogP contribution is 2.23. The number of nitrogens with two attached hydrogens (primary N) is 1. The Bertz CT molecular complexity index is 810. The first-order chi connectivity index (χ1) is 9.81. The third-order valence-electron chi connectivity index (χ3n) is 2.61. The molecule has 0 unspecified atom stereocenters. The van der Waals surface area contributed by atoms with E-state index in [0.29, 0.717) is 0 Å². The zero-order chi connectivity index (χ0) is 15.6. The Morgan fingerprint density at radius 2 is 1.90 bits per heavy atom. The highest BCUT2D eigenvalue weighted by molar-refractivity contribution is 9.10. The lowest BCUT2D eigenvalue weighted by molar-refractivity contribution is 0.600. The summed E-state index contributed by atoms with van der Waals surface area (Å²) < 4.78 is 40.5. The lowest BCUT2D eigenvalue weighted by Crippen LogP contribution is -2.19. The Labute approximate surface area is 135 Å². The SMILES string of the molecule is NC(=S)c1ccccc1S(=O)(=O)Nc1ccc(F)c(Br)c1. The van der Waals surface area contributed by atoms with Crippen LogP contribution in [0.1, 0.15) is 5.56 Å². The van der Waals surface area contributed by atoms with Crippen molar-refractivity contribution in [2.75, 3.05) is 4.72 Å². The van der Waals surface area contributed by atoms with Gasteiger partial charge in [-0.25, -0.2) is 12.8 Å². The molecule has 0 amide bonds. The van der Waals surface area contributed by atoms with Crippen LogP contribution in [0.25, 0.3) is 0 Å². The predicted octanol–water partition coefficient (Wildman–Crippen LogP) is 3.02. The van der Waals surface area contributed by atoms with Crippen molar-refractivity contribution >= 4 is 48.8 Å². The quantitative estimate of drug-likeness (QED) is 0.789. The fraction of sp³-hybridized carbons (Fsp3) is 0. The Hall–Kier alpha value is -1.51. The molecule has 0 fully saturated rings. The summed E-state index contributed by atoms with van der Waals surface area (Å²) in [5.74, 6) is -0.485. The maximum atomic E-state index is 13.2. The maximum Gasteiger partial charge on any atom is 0.262 e. The van der Waals surface area contributed by atoms with Crippen LogP contribution in [0.4, 0.5) is 10.1 Å². The molecule has 3 N–H and O–H groups in total. The zero-order valence-corrected chi connectivity index (χ0v) is 13.7. The molecular weight excluding hydrogens is 379 g/mol. The van der Waals surface area contributed by atoms with Crippen LogP contribution in [0.5, 0.6) is 0 Å². The fourth-order valence-corrected chi connectivity index (χ4v) is 3.57. The largest absolute Gasteiger partial charge is 0.389 e. The number of anilines is 1. The predicted molar refractivity (Wildman–Crippen MR) is 87.2 cm³/mol. The molecule has 0 radical (unpaired) electrons. The van der Waals surface area contributed by atoms with E-state index in [-0.39, 0.29) is 25.6 Å². The van der Waals surface area contributed by atoms with Gasteiger partial charge >= 0.3 is 0 Å². The van der Waals surface area contributed by atoms with Crippen molar-refractivity contribution in [2.45, 2.75) is 4.90 Å². The van der Waals surface area contributed by atoms with Crippen LogP contribution in [0.15, 0.2) is 51.8 Å². The third-order valence-corrected chi connectivity index (χ3v) is 4.88. The standard InChI is InChI=1S/C13H10BrFN2O2S2/c14-10-7-8(5-6-11(10)15)17-21(18,19)12-4-2-1-3-9(12)13(16)20/h1-7,17H,(H2,16,20). The smallest absolute Gasteiger partial charge is 0.262 e. The van der Waals surface area contributed by atoms with Gasteiger partial charge in [-0.05, 0) is 40.2 Å². The van der Waals surface area contributed by atoms with Crippen LogP contribution in [-0.4, -0.2) is 13.4 Å². The molecule has 2 rings (SSSR count). The first-order valence-electron chi connectivity index (χ1n) is 5.68. The molecule has 0 aromatic heterocycles. The molecule has 21 heavy (non-hydrogen) atoms. The van der Waals surface area contributed by atoms with Crippen molar-refractivity contribution in [3.63, 3.8) is 0 Å². The van der Waals surface area contributed by atoms with Crippen LogP contribution in [0.2, 0.25) is 0 Å². The number of nitrogens with one attached hydrogen (secondary N) is 1. The molecule has 0 aliphatic heterocycles. The molecule has 0 atom stereocenters. The third kappa shape index (κ3) is 3.58. The van der Waals surface area contributed by atoms with Gasteiger partial charge in [0.05, 0.1) is 15.1 Å². The molecule has 0 spiro atoms. The summed E-state index contributed by atoms with van der Waals surface area (Å²) in [5.41, 5.74) is 6.00. The van der Waals surface area contributed by atoms with Gasteiger partial charge in [-0.2, -0.15) is 0 Å². The first kappa shape index (κ1) is 15.9. The van der Waals surface area contributed by atoms with Crippen molar-refractivity contribution in [3.05, 3.63) is 58.3 Å². The van der Waals surface area contributed by atoms with Gasteiger partial charge in [0.1, 0.15) is 10.8 Å². The van der Waals surface area contributed by atoms with E-state index in [1.165, 1.54) is 24.3 Å². The number of thiocarbonyl (C=S) groups is 1. The molecule has 8 heteroatoms. The second kappa shape index (κ2) is 6.08. The van der Waals surface area contributed by atoms with Crippen molar-refractivity contribution in [2.24, 2.45) is 5.73 Å². The van der Waals surface area contributed by atoms with Crippen molar-refractivity contribution in [1.29, 1.82) is 0 Å². The minimum atomic E-state index is -3.88. The van der Waals surface area contributed by atoms with Gasteiger partial charge in [0.15, 0.2) is 0 Å². The van der Waals surface area contributed by atoms with Gasteiger partial charge in [-0.15, -0.1) is 0 Å². The van der Waals surface area contributed by atoms with E-state index >= 15 is 0 Å². The molecule has 0 saturated carbocycles. The van der Waals surface area contributed by atoms with Gasteiger partial charge in [-0.3, -0.25) is 4.72 Å². The van der Waals surface area contributed by atoms with Crippen molar-refractivity contribution in [3.8, 4) is 0 Å². The average molecular weight is 389 g/mol. The Morgan fingerprint density at radius 3 is 2.52 bits per heavy atom. The van der Waals surface area contributed by atoms with Crippen LogP contribution >= 0.6 is 28.1 Å². The van der Waals surface area contributed by atoms with Crippen LogP contribution in [-0.2, 0) is 10.0 Å². The van der Waals surface area contributed by atoms with E-state index < -0.39 is 15.8 Å². The van der Waals surface area contributed by atoms with E-state index in [2.05, 4.69) is 20.7 Å². The van der Waals surface area contributed by atoms with Gasteiger partial charge in [0.2, 0.25) is 0 Å². The topological polar surface area (TPSA) is 72.2 Å². The molecule has 4 nitrogen and oxygen atoms in total. The number of hydrogen-bond acceptors (Lipinski definition) is 3.